The zero-order valence-corrected chi connectivity index (χ0v) is 21.0. The van der Waals surface area contributed by atoms with E-state index in [2.05, 4.69) is 5.16 Å². The number of likely N-dealkylation sites (tertiary alicyclic amines) is 1. The van der Waals surface area contributed by atoms with Crippen molar-refractivity contribution in [2.45, 2.75) is 38.3 Å². The molecule has 0 saturated carbocycles. The number of aliphatic hydroxyl groups is 1. The third kappa shape index (κ3) is 4.76. The maximum atomic E-state index is 15.7. The molecule has 1 atom stereocenters. The normalized spacial score (nSPS) is 15.7. The van der Waals surface area contributed by atoms with Gasteiger partial charge in [-0.25, -0.2) is 8.78 Å². The van der Waals surface area contributed by atoms with E-state index in [1.165, 1.54) is 24.3 Å². The Morgan fingerprint density at radius 1 is 1.24 bits per heavy atom. The second kappa shape index (κ2) is 9.63. The van der Waals surface area contributed by atoms with Crippen LogP contribution in [-0.4, -0.2) is 45.8 Å². The van der Waals surface area contributed by atoms with Crippen LogP contribution in [0.25, 0.3) is 33.2 Å². The first-order valence-corrected chi connectivity index (χ1v) is 12.2. The predicted molar refractivity (Wildman–Crippen MR) is 138 cm³/mol. The molecule has 3 N–H and O–H groups in total. The Hall–Kier alpha value is -4.13. The van der Waals surface area contributed by atoms with Crippen molar-refractivity contribution < 1.29 is 23.2 Å². The number of halogens is 2. The molecule has 1 saturated heterocycles. The van der Waals surface area contributed by atoms with Crippen LogP contribution in [0.4, 0.5) is 8.78 Å². The molecule has 0 aliphatic carbocycles. The number of aromatic nitrogens is 1. The number of nitrogens with two attached hydrogens (primary N) is 1. The summed E-state index contributed by atoms with van der Waals surface area (Å²) < 4.78 is 36.7. The predicted octanol–water partition coefficient (Wildman–Crippen LogP) is 4.80. The second-order valence-corrected chi connectivity index (χ2v) is 10.3. The minimum Gasteiger partial charge on any atom is -0.390 e. The lowest BCUT2D eigenvalue weighted by Crippen LogP contribution is -2.31. The van der Waals surface area contributed by atoms with Gasteiger partial charge in [-0.2, -0.15) is 5.26 Å². The first-order chi connectivity index (χ1) is 18.1. The molecule has 0 radical (unpaired) electrons. The van der Waals surface area contributed by atoms with E-state index in [1.54, 1.807) is 43.0 Å². The molecule has 1 aliphatic rings. The minimum atomic E-state index is -1.10. The summed E-state index contributed by atoms with van der Waals surface area (Å²) in [6.07, 6.45) is 0.850. The fourth-order valence-corrected chi connectivity index (χ4v) is 4.88. The number of hydrogen-bond donors (Lipinski definition) is 2. The second-order valence-electron chi connectivity index (χ2n) is 10.3. The van der Waals surface area contributed by atoms with E-state index < -0.39 is 17.2 Å². The Kier molecular flexibility index (Phi) is 6.47. The Morgan fingerprint density at radius 2 is 2.03 bits per heavy atom. The van der Waals surface area contributed by atoms with Crippen LogP contribution in [0, 0.1) is 23.0 Å². The molecule has 9 heteroatoms. The van der Waals surface area contributed by atoms with Crippen molar-refractivity contribution in [3.05, 3.63) is 77.0 Å². The molecule has 1 fully saturated rings. The summed E-state index contributed by atoms with van der Waals surface area (Å²) in [6.45, 7) is 4.21. The Labute approximate surface area is 218 Å². The molecule has 38 heavy (non-hydrogen) atoms. The average Bonchev–Trinajstić information content (AvgIpc) is 3.48. The highest BCUT2D eigenvalue weighted by molar-refractivity contribution is 5.97. The fraction of sp³-hybridized carbons (Fsp3) is 0.276. The molecule has 2 heterocycles. The van der Waals surface area contributed by atoms with Crippen molar-refractivity contribution in [1.82, 2.24) is 10.1 Å². The van der Waals surface area contributed by atoms with E-state index in [0.717, 1.165) is 6.42 Å². The van der Waals surface area contributed by atoms with Crippen LogP contribution in [0.3, 0.4) is 0 Å². The maximum Gasteiger partial charge on any atom is 0.253 e. The van der Waals surface area contributed by atoms with Crippen LogP contribution in [-0.2, 0) is 6.42 Å². The summed E-state index contributed by atoms with van der Waals surface area (Å²) in [5.74, 6) is -1.82. The molecule has 5 rings (SSSR count). The lowest BCUT2D eigenvalue weighted by Gasteiger charge is -2.17. The molecular formula is C29H26F2N4O3. The van der Waals surface area contributed by atoms with Gasteiger partial charge in [-0.05, 0) is 61.7 Å². The molecule has 194 valence electrons. The van der Waals surface area contributed by atoms with E-state index in [0.29, 0.717) is 40.9 Å². The highest BCUT2D eigenvalue weighted by Gasteiger charge is 2.26. The third-order valence-electron chi connectivity index (χ3n) is 6.70. The lowest BCUT2D eigenvalue weighted by molar-refractivity contribution is 0.0785. The molecular weight excluding hydrogens is 490 g/mol. The highest BCUT2D eigenvalue weighted by atomic mass is 19.1. The van der Waals surface area contributed by atoms with Gasteiger partial charge in [0.25, 0.3) is 5.91 Å². The van der Waals surface area contributed by atoms with Crippen molar-refractivity contribution in [2.24, 2.45) is 5.73 Å². The number of fused-ring (bicyclic) bond motifs is 1. The van der Waals surface area contributed by atoms with E-state index in [9.17, 15) is 15.2 Å². The van der Waals surface area contributed by atoms with E-state index in [1.807, 2.05) is 6.07 Å². The van der Waals surface area contributed by atoms with Gasteiger partial charge >= 0.3 is 0 Å². The van der Waals surface area contributed by atoms with Gasteiger partial charge < -0.3 is 20.3 Å². The largest absolute Gasteiger partial charge is 0.390 e. The molecule has 1 aromatic heterocycles. The monoisotopic (exact) mass is 516 g/mol. The summed E-state index contributed by atoms with van der Waals surface area (Å²) >= 11 is 0. The fourth-order valence-electron chi connectivity index (χ4n) is 4.88. The first-order valence-electron chi connectivity index (χ1n) is 12.2. The number of rotatable bonds is 5. The molecule has 7 nitrogen and oxygen atoms in total. The molecule has 0 spiro atoms. The van der Waals surface area contributed by atoms with Gasteiger partial charge in [0.1, 0.15) is 17.7 Å². The van der Waals surface area contributed by atoms with Crippen LogP contribution in [0.15, 0.2) is 53.1 Å². The van der Waals surface area contributed by atoms with Gasteiger partial charge in [0.2, 0.25) is 0 Å². The summed E-state index contributed by atoms with van der Waals surface area (Å²) in [4.78, 5) is 14.7. The summed E-state index contributed by atoms with van der Waals surface area (Å²) in [5.41, 5.74) is 6.14. The van der Waals surface area contributed by atoms with Crippen molar-refractivity contribution in [3.63, 3.8) is 0 Å². The average molecular weight is 517 g/mol. The quantitative estimate of drug-likeness (QED) is 0.394. The zero-order valence-electron chi connectivity index (χ0n) is 21.0. The Bertz CT molecular complexity index is 1600. The van der Waals surface area contributed by atoms with Gasteiger partial charge in [-0.3, -0.25) is 4.79 Å². The summed E-state index contributed by atoms with van der Waals surface area (Å²) in [7, 11) is 0. The molecule has 1 aliphatic heterocycles. The van der Waals surface area contributed by atoms with Crippen LogP contribution in [0.5, 0.6) is 0 Å². The Morgan fingerprint density at radius 3 is 2.71 bits per heavy atom. The van der Waals surface area contributed by atoms with Gasteiger partial charge in [0.05, 0.1) is 16.9 Å². The number of carbonyl (C=O) groups excluding carboxylic acids is 1. The first kappa shape index (κ1) is 25.5. The molecule has 4 aromatic rings. The van der Waals surface area contributed by atoms with Gasteiger partial charge in [-0.15, -0.1) is 0 Å². The maximum absolute atomic E-state index is 15.7. The van der Waals surface area contributed by atoms with Crippen LogP contribution < -0.4 is 5.73 Å². The molecule has 3 aromatic carbocycles. The third-order valence-corrected chi connectivity index (χ3v) is 6.70. The van der Waals surface area contributed by atoms with E-state index in [-0.39, 0.29) is 40.6 Å². The number of carbonyl (C=O) groups is 1. The SMILES string of the molecule is CC(C)(O)Cc1noc2cc(-c3c(-c4cccc(C(=O)N5CCC(N)C5)c4)ccc(C#N)c3F)c(F)cc12. The van der Waals surface area contributed by atoms with Gasteiger partial charge in [0, 0.05) is 47.6 Å². The van der Waals surface area contributed by atoms with Crippen LogP contribution in [0.1, 0.15) is 41.9 Å². The highest BCUT2D eigenvalue weighted by Crippen LogP contribution is 2.39. The van der Waals surface area contributed by atoms with Gasteiger partial charge in [0.15, 0.2) is 5.58 Å². The standard InChI is InChI=1S/C29H26F2N4O3/c1-29(2,37)13-24-22-11-23(30)21(12-25(22)38-34-24)26-20(7-6-18(14-32)27(26)31)16-4-3-5-17(10-16)28(36)35-9-8-19(33)15-35/h3-7,10-12,19,37H,8-9,13,15,33H2,1-2H3. The number of benzene rings is 3. The lowest BCUT2D eigenvalue weighted by atomic mass is 9.90. The van der Waals surface area contributed by atoms with E-state index >= 15 is 8.78 Å². The van der Waals surface area contributed by atoms with Crippen molar-refractivity contribution >= 4 is 16.9 Å². The number of hydrogen-bond acceptors (Lipinski definition) is 6. The van der Waals surface area contributed by atoms with Gasteiger partial charge in [-0.1, -0.05) is 23.4 Å². The zero-order chi connectivity index (χ0) is 27.2. The van der Waals surface area contributed by atoms with Crippen molar-refractivity contribution in [1.29, 1.82) is 5.26 Å². The number of nitriles is 1. The summed E-state index contributed by atoms with van der Waals surface area (Å²) in [6, 6.07) is 13.8. The van der Waals surface area contributed by atoms with Crippen LogP contribution >= 0.6 is 0 Å². The smallest absolute Gasteiger partial charge is 0.253 e. The number of amides is 1. The summed E-state index contributed by atoms with van der Waals surface area (Å²) in [5, 5.41) is 24.0. The van der Waals surface area contributed by atoms with Crippen molar-refractivity contribution in [3.8, 4) is 28.3 Å². The molecule has 1 amide bonds. The Balaban J connectivity index is 1.64. The van der Waals surface area contributed by atoms with Crippen molar-refractivity contribution in [2.75, 3.05) is 13.1 Å². The van der Waals surface area contributed by atoms with Crippen LogP contribution in [0.2, 0.25) is 0 Å². The minimum absolute atomic E-state index is 0.0701. The van der Waals surface area contributed by atoms with E-state index in [4.69, 9.17) is 10.3 Å². The molecule has 0 bridgehead atoms. The topological polar surface area (TPSA) is 116 Å². The number of nitrogens with zero attached hydrogens (tertiary/aromatic N) is 3. The molecule has 1 unspecified atom stereocenters.